The third kappa shape index (κ3) is 5.03. The van der Waals surface area contributed by atoms with Crippen LogP contribution in [0.1, 0.15) is 20.8 Å². The summed E-state index contributed by atoms with van der Waals surface area (Å²) in [6.07, 6.45) is 0. The predicted octanol–water partition coefficient (Wildman–Crippen LogP) is 0.288. The molecule has 5 nitrogen and oxygen atoms in total. The molecule has 0 saturated carbocycles. The van der Waals surface area contributed by atoms with Gasteiger partial charge in [-0.05, 0) is 12.8 Å². The van der Waals surface area contributed by atoms with Gasteiger partial charge in [0.25, 0.3) is 0 Å². The fourth-order valence-corrected chi connectivity index (χ4v) is 1.87. The summed E-state index contributed by atoms with van der Waals surface area (Å²) in [6, 6.07) is 2.38. The third-order valence-electron chi connectivity index (χ3n) is 3.52. The zero-order valence-electron chi connectivity index (χ0n) is 11.6. The van der Waals surface area contributed by atoms with Gasteiger partial charge in [0.2, 0.25) is 5.91 Å². The molecule has 1 unspecified atom stereocenters. The molecule has 1 heterocycles. The van der Waals surface area contributed by atoms with Gasteiger partial charge in [0.1, 0.15) is 0 Å². The molecule has 1 saturated heterocycles. The molecule has 0 aromatic rings. The molecule has 1 fully saturated rings. The lowest BCUT2D eigenvalue weighted by molar-refractivity contribution is -0.123. The average Bonchev–Trinajstić information content (AvgIpc) is 2.31. The Hall–Kier alpha value is -1.12. The number of rotatable bonds is 5. The summed E-state index contributed by atoms with van der Waals surface area (Å²) >= 11 is 0. The molecule has 1 amide bonds. The number of hydrogen-bond acceptors (Lipinski definition) is 4. The monoisotopic (exact) mass is 252 g/mol. The summed E-state index contributed by atoms with van der Waals surface area (Å²) in [5, 5.41) is 11.6. The standard InChI is InChI=1S/C13H24N4O/c1-11(2)12(3)15-13(18)10-17-8-6-16(5-4-14)7-9-17/h11-12H,5-10H2,1-3H3,(H,15,18). The molecule has 18 heavy (non-hydrogen) atoms. The number of nitrogens with zero attached hydrogens (tertiary/aromatic N) is 3. The van der Waals surface area contributed by atoms with Gasteiger partial charge in [0, 0.05) is 32.2 Å². The number of nitriles is 1. The summed E-state index contributed by atoms with van der Waals surface area (Å²) in [5.41, 5.74) is 0. The van der Waals surface area contributed by atoms with Crippen molar-refractivity contribution in [2.75, 3.05) is 39.3 Å². The lowest BCUT2D eigenvalue weighted by atomic mass is 10.1. The molecule has 1 atom stereocenters. The van der Waals surface area contributed by atoms with Crippen LogP contribution in [0.25, 0.3) is 0 Å². The molecule has 0 spiro atoms. The van der Waals surface area contributed by atoms with E-state index in [0.29, 0.717) is 19.0 Å². The molecule has 0 radical (unpaired) electrons. The van der Waals surface area contributed by atoms with Crippen LogP contribution in [-0.2, 0) is 4.79 Å². The molecule has 0 aromatic carbocycles. The molecule has 0 aromatic heterocycles. The van der Waals surface area contributed by atoms with Gasteiger partial charge in [-0.3, -0.25) is 14.6 Å². The van der Waals surface area contributed by atoms with Gasteiger partial charge >= 0.3 is 0 Å². The van der Waals surface area contributed by atoms with E-state index in [1.165, 1.54) is 0 Å². The van der Waals surface area contributed by atoms with Crippen LogP contribution in [0.15, 0.2) is 0 Å². The SMILES string of the molecule is CC(C)C(C)NC(=O)CN1CCN(CC#N)CC1. The first-order chi connectivity index (χ1) is 8.52. The Balaban J connectivity index is 2.24. The largest absolute Gasteiger partial charge is 0.352 e. The van der Waals surface area contributed by atoms with E-state index in [2.05, 4.69) is 35.0 Å². The minimum absolute atomic E-state index is 0.102. The van der Waals surface area contributed by atoms with Gasteiger partial charge in [0.05, 0.1) is 19.2 Å². The van der Waals surface area contributed by atoms with E-state index in [1.807, 2.05) is 6.92 Å². The minimum atomic E-state index is 0.102. The summed E-state index contributed by atoms with van der Waals surface area (Å²) < 4.78 is 0. The van der Waals surface area contributed by atoms with Gasteiger partial charge < -0.3 is 5.32 Å². The lowest BCUT2D eigenvalue weighted by Gasteiger charge is -2.33. The van der Waals surface area contributed by atoms with Crippen molar-refractivity contribution in [1.82, 2.24) is 15.1 Å². The first-order valence-electron chi connectivity index (χ1n) is 6.64. The molecular weight excluding hydrogens is 228 g/mol. The molecule has 1 N–H and O–H groups in total. The van der Waals surface area contributed by atoms with Crippen molar-refractivity contribution in [3.63, 3.8) is 0 Å². The maximum absolute atomic E-state index is 11.8. The summed E-state index contributed by atoms with van der Waals surface area (Å²) in [7, 11) is 0. The molecule has 102 valence electrons. The van der Waals surface area contributed by atoms with E-state index < -0.39 is 0 Å². The van der Waals surface area contributed by atoms with Crippen LogP contribution in [-0.4, -0.2) is 61.0 Å². The molecule has 5 heteroatoms. The minimum Gasteiger partial charge on any atom is -0.352 e. The van der Waals surface area contributed by atoms with E-state index in [1.54, 1.807) is 0 Å². The second-order valence-corrected chi connectivity index (χ2v) is 5.31. The zero-order chi connectivity index (χ0) is 13.5. The van der Waals surface area contributed by atoms with Crippen molar-refractivity contribution in [2.45, 2.75) is 26.8 Å². The van der Waals surface area contributed by atoms with Crippen molar-refractivity contribution < 1.29 is 4.79 Å². The van der Waals surface area contributed by atoms with Gasteiger partial charge in [-0.1, -0.05) is 13.8 Å². The number of carbonyl (C=O) groups is 1. The Morgan fingerprint density at radius 2 is 1.78 bits per heavy atom. The summed E-state index contributed by atoms with van der Waals surface area (Å²) in [5.74, 6) is 0.561. The fraction of sp³-hybridized carbons (Fsp3) is 0.846. The summed E-state index contributed by atoms with van der Waals surface area (Å²) in [4.78, 5) is 16.1. The van der Waals surface area contributed by atoms with E-state index in [-0.39, 0.29) is 11.9 Å². The molecule has 0 aliphatic carbocycles. The lowest BCUT2D eigenvalue weighted by Crippen LogP contribution is -2.50. The quantitative estimate of drug-likeness (QED) is 0.714. The molecule has 1 aliphatic heterocycles. The van der Waals surface area contributed by atoms with Crippen LogP contribution in [0.2, 0.25) is 0 Å². The van der Waals surface area contributed by atoms with E-state index in [9.17, 15) is 4.79 Å². The number of carbonyl (C=O) groups excluding carboxylic acids is 1. The van der Waals surface area contributed by atoms with Crippen LogP contribution < -0.4 is 5.32 Å². The van der Waals surface area contributed by atoms with Crippen LogP contribution >= 0.6 is 0 Å². The van der Waals surface area contributed by atoms with Gasteiger partial charge in [-0.2, -0.15) is 5.26 Å². The van der Waals surface area contributed by atoms with Crippen LogP contribution in [0.4, 0.5) is 0 Å². The Labute approximate surface area is 110 Å². The highest BCUT2D eigenvalue weighted by Crippen LogP contribution is 2.02. The average molecular weight is 252 g/mol. The van der Waals surface area contributed by atoms with Crippen molar-refractivity contribution in [1.29, 1.82) is 5.26 Å². The molecule has 1 aliphatic rings. The highest BCUT2D eigenvalue weighted by atomic mass is 16.2. The van der Waals surface area contributed by atoms with Gasteiger partial charge in [0.15, 0.2) is 0 Å². The van der Waals surface area contributed by atoms with E-state index >= 15 is 0 Å². The zero-order valence-corrected chi connectivity index (χ0v) is 11.6. The van der Waals surface area contributed by atoms with Gasteiger partial charge in [-0.15, -0.1) is 0 Å². The molecular formula is C13H24N4O. The number of nitrogens with one attached hydrogen (secondary N) is 1. The first-order valence-corrected chi connectivity index (χ1v) is 6.64. The summed E-state index contributed by atoms with van der Waals surface area (Å²) in [6.45, 7) is 10.7. The van der Waals surface area contributed by atoms with Crippen LogP contribution in [0.5, 0.6) is 0 Å². The normalized spacial score (nSPS) is 19.5. The van der Waals surface area contributed by atoms with Crippen molar-refractivity contribution in [2.24, 2.45) is 5.92 Å². The topological polar surface area (TPSA) is 59.4 Å². The Bertz CT molecular complexity index is 303. The van der Waals surface area contributed by atoms with Crippen molar-refractivity contribution in [3.8, 4) is 6.07 Å². The van der Waals surface area contributed by atoms with Crippen molar-refractivity contribution >= 4 is 5.91 Å². The maximum atomic E-state index is 11.8. The second-order valence-electron chi connectivity index (χ2n) is 5.31. The maximum Gasteiger partial charge on any atom is 0.234 e. The van der Waals surface area contributed by atoms with Crippen molar-refractivity contribution in [3.05, 3.63) is 0 Å². The Morgan fingerprint density at radius 1 is 1.22 bits per heavy atom. The van der Waals surface area contributed by atoms with E-state index in [4.69, 9.17) is 5.26 Å². The fourth-order valence-electron chi connectivity index (χ4n) is 1.87. The highest BCUT2D eigenvalue weighted by Gasteiger charge is 2.19. The van der Waals surface area contributed by atoms with Gasteiger partial charge in [-0.25, -0.2) is 0 Å². The first kappa shape index (κ1) is 14.9. The highest BCUT2D eigenvalue weighted by molar-refractivity contribution is 5.78. The smallest absolute Gasteiger partial charge is 0.234 e. The molecule has 0 bridgehead atoms. The predicted molar refractivity (Wildman–Crippen MR) is 70.9 cm³/mol. The number of amides is 1. The second kappa shape index (κ2) is 7.34. The Morgan fingerprint density at radius 3 is 2.28 bits per heavy atom. The van der Waals surface area contributed by atoms with Crippen LogP contribution in [0.3, 0.4) is 0 Å². The molecule has 1 rings (SSSR count). The number of piperazine rings is 1. The van der Waals surface area contributed by atoms with E-state index in [0.717, 1.165) is 26.2 Å². The number of hydrogen-bond donors (Lipinski definition) is 1. The third-order valence-corrected chi connectivity index (χ3v) is 3.52. The van der Waals surface area contributed by atoms with Crippen LogP contribution in [0, 0.1) is 17.2 Å². The Kier molecular flexibility index (Phi) is 6.10.